The molecule has 10 aromatic carbocycles. The highest BCUT2D eigenvalue weighted by atomic mass is 16.3. The Bertz CT molecular complexity index is 3750. The zero-order valence-corrected chi connectivity index (χ0v) is 34.9. The number of benzene rings is 10. The molecule has 2 nitrogen and oxygen atoms in total. The number of hydrogen-bond acceptors (Lipinski definition) is 2. The number of furan rings is 1. The molecule has 298 valence electrons. The molecule has 0 aliphatic heterocycles. The molecular weight excluding hydrogens is 763 g/mol. The lowest BCUT2D eigenvalue weighted by Gasteiger charge is -2.27. The monoisotopic (exact) mass is 809 g/mol. The lowest BCUT2D eigenvalue weighted by atomic mass is 9.79. The van der Waals surface area contributed by atoms with E-state index in [2.05, 4.69) is 111 Å². The standard InChI is InChI=1S/C61H43NO/c1-61(2)56-26-9-8-22-53(56)54-25-12-24-51(59(54)61)43-30-35-48(36-31-43)62(47-33-28-41(29-34-47)45-18-10-17-44(38-45)40-14-4-3-5-15-40)49-20-11-19-46(39-49)50-23-13-27-57-58(50)55-37-32-42-16-6-7-21-52(42)60(55)63-57/h3-39H,1-2H3/i28D,29D,33D,34D. The van der Waals surface area contributed by atoms with Gasteiger partial charge in [-0.15, -0.1) is 0 Å². The van der Waals surface area contributed by atoms with Crippen molar-refractivity contribution in [3.8, 4) is 55.6 Å². The number of anilines is 3. The van der Waals surface area contributed by atoms with Crippen LogP contribution < -0.4 is 4.90 Å². The second-order valence-corrected chi connectivity index (χ2v) is 16.9. The van der Waals surface area contributed by atoms with Gasteiger partial charge in [-0.3, -0.25) is 0 Å². The zero-order chi connectivity index (χ0) is 45.6. The molecule has 0 amide bonds. The highest BCUT2D eigenvalue weighted by Gasteiger charge is 2.37. The van der Waals surface area contributed by atoms with Crippen molar-refractivity contribution in [1.29, 1.82) is 0 Å². The first-order valence-corrected chi connectivity index (χ1v) is 21.5. The van der Waals surface area contributed by atoms with Crippen molar-refractivity contribution in [2.24, 2.45) is 0 Å². The summed E-state index contributed by atoms with van der Waals surface area (Å²) in [6.07, 6.45) is 0. The Labute approximate surface area is 373 Å². The second kappa shape index (κ2) is 14.6. The van der Waals surface area contributed by atoms with Crippen LogP contribution >= 0.6 is 0 Å². The summed E-state index contributed by atoms with van der Waals surface area (Å²) >= 11 is 0. The van der Waals surface area contributed by atoms with Crippen molar-refractivity contribution in [2.75, 3.05) is 4.90 Å². The van der Waals surface area contributed by atoms with Crippen LogP contribution in [0, 0.1) is 0 Å². The molecule has 0 atom stereocenters. The molecule has 1 aromatic heterocycles. The van der Waals surface area contributed by atoms with E-state index in [0.717, 1.165) is 66.1 Å². The van der Waals surface area contributed by atoms with Crippen LogP contribution in [-0.4, -0.2) is 0 Å². The molecule has 0 spiro atoms. The predicted octanol–water partition coefficient (Wildman–Crippen LogP) is 17.2. The average molecular weight is 810 g/mol. The summed E-state index contributed by atoms with van der Waals surface area (Å²) in [5.41, 5.74) is 15.0. The normalized spacial score (nSPS) is 13.6. The van der Waals surface area contributed by atoms with Crippen molar-refractivity contribution >= 4 is 49.8 Å². The van der Waals surface area contributed by atoms with Gasteiger partial charge < -0.3 is 9.32 Å². The van der Waals surface area contributed by atoms with Gasteiger partial charge in [0.15, 0.2) is 0 Å². The number of nitrogens with zero attached hydrogens (tertiary/aromatic N) is 1. The fourth-order valence-corrected chi connectivity index (χ4v) is 9.94. The fraction of sp³-hybridized carbons (Fsp3) is 0.0492. The van der Waals surface area contributed by atoms with Gasteiger partial charge in [0.05, 0.1) is 5.48 Å². The first kappa shape index (κ1) is 32.8. The number of fused-ring (bicyclic) bond motifs is 8. The zero-order valence-electron chi connectivity index (χ0n) is 38.9. The van der Waals surface area contributed by atoms with Crippen molar-refractivity contribution in [3.63, 3.8) is 0 Å². The number of rotatable bonds is 7. The summed E-state index contributed by atoms with van der Waals surface area (Å²) in [6.45, 7) is 4.59. The molecule has 1 aliphatic carbocycles. The second-order valence-electron chi connectivity index (χ2n) is 16.9. The fourth-order valence-electron chi connectivity index (χ4n) is 9.94. The van der Waals surface area contributed by atoms with E-state index in [-0.39, 0.29) is 40.8 Å². The molecule has 0 saturated carbocycles. The van der Waals surface area contributed by atoms with E-state index in [1.54, 1.807) is 0 Å². The molecule has 0 radical (unpaired) electrons. The molecule has 0 bridgehead atoms. The molecule has 63 heavy (non-hydrogen) atoms. The maximum atomic E-state index is 9.75. The van der Waals surface area contributed by atoms with Crippen molar-refractivity contribution in [2.45, 2.75) is 19.3 Å². The van der Waals surface area contributed by atoms with Gasteiger partial charge in [-0.1, -0.05) is 184 Å². The Morgan fingerprint density at radius 3 is 1.92 bits per heavy atom. The van der Waals surface area contributed by atoms with E-state index in [0.29, 0.717) is 16.9 Å². The minimum absolute atomic E-state index is 0.109. The Kier molecular flexibility index (Phi) is 7.60. The van der Waals surface area contributed by atoms with Crippen LogP contribution in [0.25, 0.3) is 88.3 Å². The quantitative estimate of drug-likeness (QED) is 0.159. The largest absolute Gasteiger partial charge is 0.455 e. The van der Waals surface area contributed by atoms with E-state index < -0.39 is 0 Å². The summed E-state index contributed by atoms with van der Waals surface area (Å²) in [6, 6.07) is 67.5. The Morgan fingerprint density at radius 1 is 0.413 bits per heavy atom. The third-order valence-electron chi connectivity index (χ3n) is 12.9. The van der Waals surface area contributed by atoms with Crippen LogP contribution in [-0.2, 0) is 5.41 Å². The Hall–Kier alpha value is -7.94. The van der Waals surface area contributed by atoms with E-state index in [4.69, 9.17) is 4.42 Å². The molecule has 12 rings (SSSR count). The van der Waals surface area contributed by atoms with Gasteiger partial charge in [-0.2, -0.15) is 0 Å². The summed E-state index contributed by atoms with van der Waals surface area (Å²) in [5.74, 6) is 0. The third-order valence-corrected chi connectivity index (χ3v) is 12.9. The molecule has 0 fully saturated rings. The van der Waals surface area contributed by atoms with Crippen molar-refractivity contribution in [3.05, 3.63) is 235 Å². The van der Waals surface area contributed by atoms with E-state index >= 15 is 0 Å². The smallest absolute Gasteiger partial charge is 0.143 e. The number of hydrogen-bond donors (Lipinski definition) is 0. The van der Waals surface area contributed by atoms with E-state index in [1.165, 1.54) is 22.3 Å². The van der Waals surface area contributed by atoms with Crippen LogP contribution in [0.5, 0.6) is 0 Å². The summed E-state index contributed by atoms with van der Waals surface area (Å²) in [7, 11) is 0. The minimum atomic E-state index is -0.207. The maximum absolute atomic E-state index is 9.75. The van der Waals surface area contributed by atoms with Crippen LogP contribution in [0.3, 0.4) is 0 Å². The van der Waals surface area contributed by atoms with Gasteiger partial charge in [0.2, 0.25) is 0 Å². The van der Waals surface area contributed by atoms with E-state index in [9.17, 15) is 5.48 Å². The topological polar surface area (TPSA) is 16.4 Å². The highest BCUT2D eigenvalue weighted by molar-refractivity contribution is 6.19. The first-order chi connectivity index (χ1) is 32.7. The predicted molar refractivity (Wildman–Crippen MR) is 265 cm³/mol. The first-order valence-electron chi connectivity index (χ1n) is 23.5. The average Bonchev–Trinajstić information content (AvgIpc) is 3.88. The SMILES string of the molecule is [2H]c1c([2H])c(N(c2ccc(-c3cccc4c3C(C)(C)c3ccccc3-4)cc2)c2cccc(-c3cccc4oc5c6ccccc6ccc5c34)c2)c([2H])c([2H])c1-c1cccc(-c2ccccc2)c1. The summed E-state index contributed by atoms with van der Waals surface area (Å²) < 4.78 is 45.2. The molecule has 0 N–H and O–H groups in total. The highest BCUT2D eigenvalue weighted by Crippen LogP contribution is 2.52. The van der Waals surface area contributed by atoms with E-state index in [1.807, 2.05) is 108 Å². The minimum Gasteiger partial charge on any atom is -0.455 e. The van der Waals surface area contributed by atoms with Crippen LogP contribution in [0.4, 0.5) is 17.1 Å². The molecule has 11 aromatic rings. The Morgan fingerprint density at radius 2 is 1.06 bits per heavy atom. The summed E-state index contributed by atoms with van der Waals surface area (Å²) in [4.78, 5) is 1.88. The molecule has 1 aliphatic rings. The summed E-state index contributed by atoms with van der Waals surface area (Å²) in [5, 5.41) is 4.19. The molecule has 0 unspecified atom stereocenters. The van der Waals surface area contributed by atoms with Gasteiger partial charge in [-0.05, 0) is 127 Å². The molecule has 2 heteroatoms. The molecular formula is C61H43NO. The van der Waals surface area contributed by atoms with Gasteiger partial charge in [-0.25, -0.2) is 0 Å². The van der Waals surface area contributed by atoms with Crippen LogP contribution in [0.1, 0.15) is 30.5 Å². The Balaban J connectivity index is 1.03. The van der Waals surface area contributed by atoms with Gasteiger partial charge in [0.1, 0.15) is 11.2 Å². The maximum Gasteiger partial charge on any atom is 0.143 e. The third kappa shape index (κ3) is 6.09. The van der Waals surface area contributed by atoms with Gasteiger partial charge in [0.25, 0.3) is 0 Å². The van der Waals surface area contributed by atoms with Crippen molar-refractivity contribution < 1.29 is 9.90 Å². The molecule has 0 saturated heterocycles. The lowest BCUT2D eigenvalue weighted by molar-refractivity contribution is 0.662. The lowest BCUT2D eigenvalue weighted by Crippen LogP contribution is -2.16. The molecule has 1 heterocycles. The van der Waals surface area contributed by atoms with Gasteiger partial charge in [0, 0.05) is 38.6 Å². The van der Waals surface area contributed by atoms with Crippen LogP contribution in [0.2, 0.25) is 0 Å². The van der Waals surface area contributed by atoms with Gasteiger partial charge >= 0.3 is 0 Å². The van der Waals surface area contributed by atoms with Crippen LogP contribution in [0.15, 0.2) is 229 Å². The van der Waals surface area contributed by atoms with Crippen molar-refractivity contribution in [1.82, 2.24) is 0 Å².